The van der Waals surface area contributed by atoms with Crippen LogP contribution in [0.15, 0.2) is 11.4 Å². The quantitative estimate of drug-likeness (QED) is 0.729. The van der Waals surface area contributed by atoms with E-state index in [9.17, 15) is 0 Å². The van der Waals surface area contributed by atoms with Gasteiger partial charge in [0.1, 0.15) is 0 Å². The van der Waals surface area contributed by atoms with E-state index in [0.29, 0.717) is 6.04 Å². The molecule has 1 heterocycles. The molecule has 0 spiro atoms. The van der Waals surface area contributed by atoms with E-state index in [0.717, 1.165) is 4.34 Å². The zero-order chi connectivity index (χ0) is 7.56. The molecular weight excluding hydrogens is 166 g/mol. The summed E-state index contributed by atoms with van der Waals surface area (Å²) < 4.78 is 0.891. The number of nitrogens with one attached hydrogen (secondary N) is 1. The molecule has 0 radical (unpaired) electrons. The molecule has 0 aromatic carbocycles. The van der Waals surface area contributed by atoms with Gasteiger partial charge in [-0.15, -0.1) is 11.3 Å². The second-order valence-corrected chi connectivity index (χ2v) is 3.68. The predicted molar refractivity (Wildman–Crippen MR) is 46.8 cm³/mol. The van der Waals surface area contributed by atoms with E-state index in [1.165, 1.54) is 5.56 Å². The van der Waals surface area contributed by atoms with Gasteiger partial charge in [0.15, 0.2) is 0 Å². The van der Waals surface area contributed by atoms with Gasteiger partial charge in [0.25, 0.3) is 0 Å². The molecule has 10 heavy (non-hydrogen) atoms. The van der Waals surface area contributed by atoms with Crippen LogP contribution in [0, 0.1) is 0 Å². The topological polar surface area (TPSA) is 12.0 Å². The molecule has 1 atom stereocenters. The predicted octanol–water partition coefficient (Wildman–Crippen LogP) is 2.68. The molecule has 3 heteroatoms. The van der Waals surface area contributed by atoms with Crippen LogP contribution in [-0.2, 0) is 0 Å². The molecule has 0 aliphatic rings. The van der Waals surface area contributed by atoms with Crippen LogP contribution >= 0.6 is 22.9 Å². The first-order valence-corrected chi connectivity index (χ1v) is 4.41. The van der Waals surface area contributed by atoms with Gasteiger partial charge in [-0.2, -0.15) is 0 Å². The molecule has 1 aromatic rings. The van der Waals surface area contributed by atoms with Crippen LogP contribution in [0.2, 0.25) is 4.34 Å². The smallest absolute Gasteiger partial charge is 0.0976 e. The van der Waals surface area contributed by atoms with Crippen molar-refractivity contribution >= 4 is 22.9 Å². The molecule has 1 nitrogen and oxygen atoms in total. The lowest BCUT2D eigenvalue weighted by atomic mass is 10.2. The van der Waals surface area contributed by atoms with Crippen molar-refractivity contribution in [3.8, 4) is 0 Å². The van der Waals surface area contributed by atoms with Crippen LogP contribution in [0.25, 0.3) is 0 Å². The average Bonchev–Trinajstić information content (AvgIpc) is 2.34. The van der Waals surface area contributed by atoms with E-state index in [2.05, 4.69) is 12.2 Å². The second kappa shape index (κ2) is 3.37. The monoisotopic (exact) mass is 175 g/mol. The minimum Gasteiger partial charge on any atom is -0.313 e. The summed E-state index contributed by atoms with van der Waals surface area (Å²) in [5.41, 5.74) is 1.19. The van der Waals surface area contributed by atoms with Gasteiger partial charge in [-0.05, 0) is 31.0 Å². The summed E-state index contributed by atoms with van der Waals surface area (Å²) >= 11 is 7.47. The van der Waals surface area contributed by atoms with E-state index < -0.39 is 0 Å². The van der Waals surface area contributed by atoms with Crippen molar-refractivity contribution in [1.29, 1.82) is 0 Å². The highest BCUT2D eigenvalue weighted by atomic mass is 35.5. The largest absolute Gasteiger partial charge is 0.313 e. The Morgan fingerprint density at radius 3 is 2.80 bits per heavy atom. The molecule has 0 saturated carbocycles. The number of thiophene rings is 1. The molecular formula is C7H10ClNS. The highest BCUT2D eigenvalue weighted by Crippen LogP contribution is 2.27. The van der Waals surface area contributed by atoms with Gasteiger partial charge in [-0.3, -0.25) is 0 Å². The zero-order valence-corrected chi connectivity index (χ0v) is 7.59. The van der Waals surface area contributed by atoms with Crippen LogP contribution in [0.1, 0.15) is 18.5 Å². The molecule has 1 N–H and O–H groups in total. The van der Waals surface area contributed by atoms with Crippen LogP contribution in [0.4, 0.5) is 0 Å². The summed E-state index contributed by atoms with van der Waals surface area (Å²) in [4.78, 5) is 0. The molecule has 1 aromatic heterocycles. The summed E-state index contributed by atoms with van der Waals surface area (Å²) in [7, 11) is 1.93. The van der Waals surface area contributed by atoms with E-state index in [1.807, 2.05) is 18.5 Å². The number of rotatable bonds is 2. The SMILES string of the molecule is CNC(C)c1ccsc1Cl. The summed E-state index contributed by atoms with van der Waals surface area (Å²) in [6.07, 6.45) is 0. The molecule has 0 saturated heterocycles. The molecule has 56 valence electrons. The van der Waals surface area contributed by atoms with Crippen molar-refractivity contribution in [1.82, 2.24) is 5.32 Å². The second-order valence-electron chi connectivity index (χ2n) is 2.16. The fourth-order valence-corrected chi connectivity index (χ4v) is 1.87. The zero-order valence-electron chi connectivity index (χ0n) is 6.02. The fraction of sp³-hybridized carbons (Fsp3) is 0.429. The number of hydrogen-bond acceptors (Lipinski definition) is 2. The highest BCUT2D eigenvalue weighted by molar-refractivity contribution is 7.14. The summed E-state index contributed by atoms with van der Waals surface area (Å²) in [6, 6.07) is 2.41. The normalized spacial score (nSPS) is 13.5. The van der Waals surface area contributed by atoms with Crippen molar-refractivity contribution in [2.45, 2.75) is 13.0 Å². The molecule has 0 bridgehead atoms. The highest BCUT2D eigenvalue weighted by Gasteiger charge is 2.06. The molecule has 0 fully saturated rings. The minimum absolute atomic E-state index is 0.360. The molecule has 0 aliphatic carbocycles. The Bertz CT molecular complexity index is 209. The third-order valence-electron chi connectivity index (χ3n) is 1.55. The Morgan fingerprint density at radius 1 is 1.70 bits per heavy atom. The first-order chi connectivity index (χ1) is 4.75. The Hall–Kier alpha value is -0.0500. The van der Waals surface area contributed by atoms with Gasteiger partial charge < -0.3 is 5.32 Å². The minimum atomic E-state index is 0.360. The Kier molecular flexibility index (Phi) is 2.72. The van der Waals surface area contributed by atoms with Crippen molar-refractivity contribution in [3.63, 3.8) is 0 Å². The summed E-state index contributed by atoms with van der Waals surface area (Å²) in [6.45, 7) is 2.09. The van der Waals surface area contributed by atoms with Crippen molar-refractivity contribution in [2.24, 2.45) is 0 Å². The van der Waals surface area contributed by atoms with Crippen LogP contribution < -0.4 is 5.32 Å². The van der Waals surface area contributed by atoms with E-state index in [4.69, 9.17) is 11.6 Å². The van der Waals surface area contributed by atoms with Crippen molar-refractivity contribution in [3.05, 3.63) is 21.3 Å². The van der Waals surface area contributed by atoms with Crippen LogP contribution in [0.3, 0.4) is 0 Å². The molecule has 0 amide bonds. The maximum absolute atomic E-state index is 5.89. The van der Waals surface area contributed by atoms with Gasteiger partial charge in [0, 0.05) is 6.04 Å². The Morgan fingerprint density at radius 2 is 2.40 bits per heavy atom. The summed E-state index contributed by atoms with van der Waals surface area (Å²) in [5, 5.41) is 5.14. The average molecular weight is 176 g/mol. The fourth-order valence-electron chi connectivity index (χ4n) is 0.771. The first kappa shape index (κ1) is 8.05. The maximum Gasteiger partial charge on any atom is 0.0976 e. The lowest BCUT2D eigenvalue weighted by Gasteiger charge is -2.07. The van der Waals surface area contributed by atoms with Crippen LogP contribution in [0.5, 0.6) is 0 Å². The van der Waals surface area contributed by atoms with Gasteiger partial charge >= 0.3 is 0 Å². The van der Waals surface area contributed by atoms with E-state index >= 15 is 0 Å². The number of hydrogen-bond donors (Lipinski definition) is 1. The maximum atomic E-state index is 5.89. The third-order valence-corrected chi connectivity index (χ3v) is 2.75. The van der Waals surface area contributed by atoms with Gasteiger partial charge in [0.05, 0.1) is 4.34 Å². The summed E-state index contributed by atoms with van der Waals surface area (Å²) in [5.74, 6) is 0. The molecule has 1 rings (SSSR count). The van der Waals surface area contributed by atoms with E-state index in [-0.39, 0.29) is 0 Å². The Balaban J connectivity index is 2.82. The standard InChI is InChI=1S/C7H10ClNS/c1-5(9-2)6-3-4-10-7(6)8/h3-5,9H,1-2H3. The third kappa shape index (κ3) is 1.51. The number of halogens is 1. The van der Waals surface area contributed by atoms with Gasteiger partial charge in [0.2, 0.25) is 0 Å². The van der Waals surface area contributed by atoms with Crippen LogP contribution in [-0.4, -0.2) is 7.05 Å². The lowest BCUT2D eigenvalue weighted by Crippen LogP contribution is -2.11. The lowest BCUT2D eigenvalue weighted by molar-refractivity contribution is 0.655. The molecule has 0 aliphatic heterocycles. The van der Waals surface area contributed by atoms with Gasteiger partial charge in [-0.25, -0.2) is 0 Å². The van der Waals surface area contributed by atoms with Crippen molar-refractivity contribution < 1.29 is 0 Å². The van der Waals surface area contributed by atoms with Gasteiger partial charge in [-0.1, -0.05) is 11.6 Å². The van der Waals surface area contributed by atoms with E-state index in [1.54, 1.807) is 11.3 Å². The molecule has 1 unspecified atom stereocenters. The Labute approximate surface area is 70.0 Å². The van der Waals surface area contributed by atoms with Crippen molar-refractivity contribution in [2.75, 3.05) is 7.05 Å². The first-order valence-electron chi connectivity index (χ1n) is 3.16.